The van der Waals surface area contributed by atoms with Crippen LogP contribution in [0, 0.1) is 0 Å². The van der Waals surface area contributed by atoms with E-state index in [0.29, 0.717) is 0 Å². The monoisotopic (exact) mass is 327 g/mol. The van der Waals surface area contributed by atoms with Crippen molar-refractivity contribution in [3.8, 4) is 5.75 Å². The standard InChI is InChI=1S/C11H12F3NO5S/c12-11(13,14)7-15-21(18,19)9-3-1-8(2-4-9)20-6-5-10(16)17/h1-4,15H,5-7H2,(H,16,17). The van der Waals surface area contributed by atoms with E-state index in [2.05, 4.69) is 0 Å². The topological polar surface area (TPSA) is 92.7 Å². The predicted octanol–water partition coefficient (Wildman–Crippen LogP) is 1.38. The number of benzene rings is 1. The van der Waals surface area contributed by atoms with Gasteiger partial charge in [-0.05, 0) is 24.3 Å². The summed E-state index contributed by atoms with van der Waals surface area (Å²) >= 11 is 0. The molecule has 0 bridgehead atoms. The van der Waals surface area contributed by atoms with Gasteiger partial charge in [0.25, 0.3) is 0 Å². The fourth-order valence-corrected chi connectivity index (χ4v) is 2.25. The summed E-state index contributed by atoms with van der Waals surface area (Å²) in [6.45, 7) is -1.76. The van der Waals surface area contributed by atoms with Gasteiger partial charge in [0.05, 0.1) is 17.9 Å². The third-order valence-electron chi connectivity index (χ3n) is 2.18. The summed E-state index contributed by atoms with van der Waals surface area (Å²) in [6, 6.07) is 4.58. The Morgan fingerprint density at radius 1 is 1.24 bits per heavy atom. The Hall–Kier alpha value is -1.81. The highest BCUT2D eigenvalue weighted by molar-refractivity contribution is 7.89. The van der Waals surface area contributed by atoms with Gasteiger partial charge in [0.15, 0.2) is 0 Å². The van der Waals surface area contributed by atoms with Crippen LogP contribution in [0.25, 0.3) is 0 Å². The Labute approximate surface area is 118 Å². The van der Waals surface area contributed by atoms with Crippen molar-refractivity contribution in [1.82, 2.24) is 4.72 Å². The normalized spacial score (nSPS) is 12.1. The van der Waals surface area contributed by atoms with Gasteiger partial charge in [0, 0.05) is 0 Å². The Balaban J connectivity index is 2.66. The molecule has 0 aromatic heterocycles. The molecule has 0 amide bonds. The molecule has 0 aliphatic heterocycles. The second-order valence-corrected chi connectivity index (χ2v) is 5.67. The molecule has 0 saturated heterocycles. The van der Waals surface area contributed by atoms with E-state index >= 15 is 0 Å². The Bertz CT molecular complexity index is 583. The maximum absolute atomic E-state index is 12.0. The Kier molecular flexibility index (Phi) is 5.55. The lowest BCUT2D eigenvalue weighted by Gasteiger charge is -2.10. The first-order valence-electron chi connectivity index (χ1n) is 5.61. The van der Waals surface area contributed by atoms with Crippen LogP contribution >= 0.6 is 0 Å². The number of hydrogen-bond donors (Lipinski definition) is 2. The highest BCUT2D eigenvalue weighted by atomic mass is 32.2. The average molecular weight is 327 g/mol. The highest BCUT2D eigenvalue weighted by Gasteiger charge is 2.29. The molecular formula is C11H12F3NO5S. The molecule has 1 aromatic rings. The molecular weight excluding hydrogens is 315 g/mol. The van der Waals surface area contributed by atoms with Crippen LogP contribution in [0.1, 0.15) is 6.42 Å². The lowest BCUT2D eigenvalue weighted by molar-refractivity contribution is -0.137. The van der Waals surface area contributed by atoms with Crippen LogP contribution in [0.3, 0.4) is 0 Å². The summed E-state index contributed by atoms with van der Waals surface area (Å²) in [5.74, 6) is -0.837. The van der Waals surface area contributed by atoms with Crippen molar-refractivity contribution >= 4 is 16.0 Å². The third kappa shape index (κ3) is 6.45. The number of carboxylic acids is 1. The molecule has 0 aliphatic carbocycles. The first-order valence-corrected chi connectivity index (χ1v) is 7.09. The minimum absolute atomic E-state index is 0.103. The molecule has 10 heteroatoms. The van der Waals surface area contributed by atoms with Crippen molar-refractivity contribution in [3.63, 3.8) is 0 Å². The van der Waals surface area contributed by atoms with Gasteiger partial charge in [-0.15, -0.1) is 0 Å². The summed E-state index contributed by atoms with van der Waals surface area (Å²) in [5, 5.41) is 8.41. The lowest BCUT2D eigenvalue weighted by atomic mass is 10.3. The first-order chi connectivity index (χ1) is 9.60. The zero-order valence-electron chi connectivity index (χ0n) is 10.6. The minimum atomic E-state index is -4.65. The zero-order chi connectivity index (χ0) is 16.1. The van der Waals surface area contributed by atoms with Crippen molar-refractivity contribution in [2.45, 2.75) is 17.5 Å². The Morgan fingerprint density at radius 3 is 2.29 bits per heavy atom. The molecule has 0 unspecified atom stereocenters. The van der Waals surface area contributed by atoms with E-state index in [4.69, 9.17) is 9.84 Å². The lowest BCUT2D eigenvalue weighted by Crippen LogP contribution is -2.33. The smallest absolute Gasteiger partial charge is 0.402 e. The van der Waals surface area contributed by atoms with Crippen molar-refractivity contribution in [3.05, 3.63) is 24.3 Å². The van der Waals surface area contributed by atoms with E-state index in [1.807, 2.05) is 0 Å². The van der Waals surface area contributed by atoms with Crippen molar-refractivity contribution in [2.75, 3.05) is 13.2 Å². The highest BCUT2D eigenvalue weighted by Crippen LogP contribution is 2.18. The second-order valence-electron chi connectivity index (χ2n) is 3.90. The van der Waals surface area contributed by atoms with Gasteiger partial charge in [-0.25, -0.2) is 13.1 Å². The fraction of sp³-hybridized carbons (Fsp3) is 0.364. The number of nitrogens with one attached hydrogen (secondary N) is 1. The summed E-state index contributed by atoms with van der Waals surface area (Å²) < 4.78 is 65.5. The molecule has 0 fully saturated rings. The predicted molar refractivity (Wildman–Crippen MR) is 65.4 cm³/mol. The third-order valence-corrected chi connectivity index (χ3v) is 3.60. The van der Waals surface area contributed by atoms with Crippen LogP contribution in [0.4, 0.5) is 13.2 Å². The fourth-order valence-electron chi connectivity index (χ4n) is 1.23. The number of alkyl halides is 3. The Morgan fingerprint density at radius 2 is 1.81 bits per heavy atom. The molecule has 118 valence electrons. The first kappa shape index (κ1) is 17.2. The van der Waals surface area contributed by atoms with Crippen molar-refractivity contribution in [2.24, 2.45) is 0 Å². The van der Waals surface area contributed by atoms with E-state index in [-0.39, 0.29) is 23.7 Å². The van der Waals surface area contributed by atoms with Crippen LogP contribution in [-0.4, -0.2) is 38.8 Å². The summed E-state index contributed by atoms with van der Waals surface area (Å²) in [4.78, 5) is 9.92. The molecule has 1 rings (SSSR count). The van der Waals surface area contributed by atoms with Crippen LogP contribution in [-0.2, 0) is 14.8 Å². The van der Waals surface area contributed by atoms with Crippen LogP contribution in [0.5, 0.6) is 5.75 Å². The molecule has 0 heterocycles. The van der Waals surface area contributed by atoms with Gasteiger partial charge >= 0.3 is 12.1 Å². The quantitative estimate of drug-likeness (QED) is 0.789. The number of hydrogen-bond acceptors (Lipinski definition) is 4. The van der Waals surface area contributed by atoms with E-state index in [9.17, 15) is 26.4 Å². The molecule has 0 aliphatic rings. The van der Waals surface area contributed by atoms with Crippen LogP contribution in [0.15, 0.2) is 29.2 Å². The number of aliphatic carboxylic acids is 1. The second kappa shape index (κ2) is 6.76. The zero-order valence-corrected chi connectivity index (χ0v) is 11.4. The van der Waals surface area contributed by atoms with Crippen molar-refractivity contribution in [1.29, 1.82) is 0 Å². The number of halogens is 3. The number of rotatable bonds is 7. The molecule has 0 saturated carbocycles. The molecule has 2 N–H and O–H groups in total. The average Bonchev–Trinajstić information content (AvgIpc) is 2.36. The molecule has 21 heavy (non-hydrogen) atoms. The summed E-state index contributed by atoms with van der Waals surface area (Å²) in [5.41, 5.74) is 0. The van der Waals surface area contributed by atoms with Gasteiger partial charge < -0.3 is 9.84 Å². The summed E-state index contributed by atoms with van der Waals surface area (Å²) in [6.07, 6.45) is -4.87. The van der Waals surface area contributed by atoms with Gasteiger partial charge in [-0.2, -0.15) is 13.2 Å². The van der Waals surface area contributed by atoms with Gasteiger partial charge in [0.2, 0.25) is 10.0 Å². The van der Waals surface area contributed by atoms with Crippen LogP contribution < -0.4 is 9.46 Å². The summed E-state index contributed by atoms with van der Waals surface area (Å²) in [7, 11) is -4.26. The number of ether oxygens (including phenoxy) is 1. The van der Waals surface area contributed by atoms with Gasteiger partial charge in [0.1, 0.15) is 12.3 Å². The molecule has 6 nitrogen and oxygen atoms in total. The van der Waals surface area contributed by atoms with Crippen LogP contribution in [0.2, 0.25) is 0 Å². The SMILES string of the molecule is O=C(O)CCOc1ccc(S(=O)(=O)NCC(F)(F)F)cc1. The number of carbonyl (C=O) groups is 1. The minimum Gasteiger partial charge on any atom is -0.493 e. The largest absolute Gasteiger partial charge is 0.493 e. The van der Waals surface area contributed by atoms with E-state index < -0.39 is 28.7 Å². The molecule has 1 aromatic carbocycles. The molecule has 0 spiro atoms. The van der Waals surface area contributed by atoms with E-state index in [1.165, 1.54) is 16.9 Å². The molecule has 0 atom stereocenters. The maximum atomic E-state index is 12.0. The van der Waals surface area contributed by atoms with Gasteiger partial charge in [-0.3, -0.25) is 4.79 Å². The number of sulfonamides is 1. The van der Waals surface area contributed by atoms with Gasteiger partial charge in [-0.1, -0.05) is 0 Å². The van der Waals surface area contributed by atoms with E-state index in [0.717, 1.165) is 12.1 Å². The molecule has 0 radical (unpaired) electrons. The van der Waals surface area contributed by atoms with Crippen molar-refractivity contribution < 1.29 is 36.2 Å². The number of carboxylic acid groups (broad SMARTS) is 1. The van der Waals surface area contributed by atoms with E-state index in [1.54, 1.807) is 0 Å². The maximum Gasteiger partial charge on any atom is 0.402 e.